The van der Waals surface area contributed by atoms with Crippen molar-refractivity contribution in [2.75, 3.05) is 13.1 Å². The van der Waals surface area contributed by atoms with Crippen molar-refractivity contribution in [1.82, 2.24) is 10.2 Å². The van der Waals surface area contributed by atoms with E-state index in [4.69, 9.17) is 5.26 Å². The summed E-state index contributed by atoms with van der Waals surface area (Å²) in [4.78, 5) is 1.99. The Balaban J connectivity index is 0.000000219. The Bertz CT molecular complexity index is 396. The van der Waals surface area contributed by atoms with Crippen molar-refractivity contribution in [2.45, 2.75) is 64.5 Å². The molecule has 0 bridgehead atoms. The lowest BCUT2D eigenvalue weighted by molar-refractivity contribution is 0.197. The van der Waals surface area contributed by atoms with Crippen molar-refractivity contribution in [3.05, 3.63) is 24.9 Å². The van der Waals surface area contributed by atoms with Gasteiger partial charge in [0.25, 0.3) is 0 Å². The summed E-state index contributed by atoms with van der Waals surface area (Å²) in [7, 11) is 0. The number of likely N-dealkylation sites (tertiary alicyclic amines) is 1. The minimum absolute atomic E-state index is 0.0995. The molecule has 0 radical (unpaired) electrons. The van der Waals surface area contributed by atoms with Gasteiger partial charge in [-0.15, -0.1) is 0 Å². The van der Waals surface area contributed by atoms with Crippen LogP contribution in [0.3, 0.4) is 0 Å². The lowest BCUT2D eigenvalue weighted by Crippen LogP contribution is -2.56. The van der Waals surface area contributed by atoms with Gasteiger partial charge in [-0.05, 0) is 50.8 Å². The Morgan fingerprint density at radius 1 is 1.48 bits per heavy atom. The van der Waals surface area contributed by atoms with E-state index < -0.39 is 0 Å². The largest absolute Gasteiger partial charge is 0.362 e. The van der Waals surface area contributed by atoms with Crippen LogP contribution < -0.4 is 5.32 Å². The van der Waals surface area contributed by atoms with E-state index in [1.807, 2.05) is 4.90 Å². The van der Waals surface area contributed by atoms with Crippen LogP contribution in [0.4, 0.5) is 0 Å². The molecule has 0 spiro atoms. The summed E-state index contributed by atoms with van der Waals surface area (Å²) in [5.41, 5.74) is 1.74. The maximum absolute atomic E-state index is 8.53. The standard InChI is InChI=1S/C11H21N.C7H10N2/c1-5-10-8-11(6-2,9(10)4)12-7-3;1-2-9-5-3-4-7(9)6-8/h10,12H,4-8H2,1-3H3;2,7H,1,3-5H2. The molecule has 3 atom stereocenters. The summed E-state index contributed by atoms with van der Waals surface area (Å²) < 4.78 is 0. The van der Waals surface area contributed by atoms with Crippen LogP contribution in [0.25, 0.3) is 0 Å². The second kappa shape index (κ2) is 8.24. The quantitative estimate of drug-likeness (QED) is 0.781. The zero-order valence-corrected chi connectivity index (χ0v) is 14.0. The molecule has 1 aliphatic heterocycles. The molecule has 1 saturated carbocycles. The van der Waals surface area contributed by atoms with Crippen LogP contribution in [0.15, 0.2) is 24.9 Å². The normalized spacial score (nSPS) is 31.0. The van der Waals surface area contributed by atoms with Crippen molar-refractivity contribution < 1.29 is 0 Å². The predicted octanol–water partition coefficient (Wildman–Crippen LogP) is 3.85. The van der Waals surface area contributed by atoms with Crippen molar-refractivity contribution >= 4 is 0 Å². The van der Waals surface area contributed by atoms with Gasteiger partial charge < -0.3 is 10.2 Å². The van der Waals surface area contributed by atoms with E-state index in [9.17, 15) is 0 Å². The maximum Gasteiger partial charge on any atom is 0.116 e. The maximum atomic E-state index is 8.53. The van der Waals surface area contributed by atoms with Crippen LogP contribution in [0, 0.1) is 17.2 Å². The molecule has 1 aliphatic carbocycles. The second-order valence-electron chi connectivity index (χ2n) is 6.01. The zero-order chi connectivity index (χ0) is 15.9. The second-order valence-corrected chi connectivity index (χ2v) is 6.01. The lowest BCUT2D eigenvalue weighted by Gasteiger charge is -2.50. The van der Waals surface area contributed by atoms with Gasteiger partial charge in [0, 0.05) is 12.1 Å². The number of nitrogens with zero attached hydrogens (tertiary/aromatic N) is 2. The summed E-state index contributed by atoms with van der Waals surface area (Å²) in [6.45, 7) is 16.5. The average Bonchev–Trinajstić information content (AvgIpc) is 2.98. The highest BCUT2D eigenvalue weighted by Crippen LogP contribution is 2.46. The summed E-state index contributed by atoms with van der Waals surface area (Å²) in [5, 5.41) is 12.1. The molecule has 0 aromatic heterocycles. The van der Waals surface area contributed by atoms with E-state index in [0.29, 0.717) is 5.54 Å². The highest BCUT2D eigenvalue weighted by molar-refractivity contribution is 5.29. The van der Waals surface area contributed by atoms with Gasteiger partial charge in [0.05, 0.1) is 6.07 Å². The third-order valence-electron chi connectivity index (χ3n) is 4.99. The van der Waals surface area contributed by atoms with Crippen LogP contribution in [0.2, 0.25) is 0 Å². The van der Waals surface area contributed by atoms with Crippen LogP contribution in [0.5, 0.6) is 0 Å². The molecule has 2 aliphatic rings. The molecule has 2 fully saturated rings. The van der Waals surface area contributed by atoms with Crippen LogP contribution >= 0.6 is 0 Å². The molecule has 1 N–H and O–H groups in total. The van der Waals surface area contributed by atoms with Crippen molar-refractivity contribution in [2.24, 2.45) is 5.92 Å². The third-order valence-corrected chi connectivity index (χ3v) is 4.99. The highest BCUT2D eigenvalue weighted by atomic mass is 15.2. The van der Waals surface area contributed by atoms with Crippen molar-refractivity contribution in [3.63, 3.8) is 0 Å². The Morgan fingerprint density at radius 3 is 2.57 bits per heavy atom. The lowest BCUT2D eigenvalue weighted by atomic mass is 9.62. The van der Waals surface area contributed by atoms with E-state index >= 15 is 0 Å². The molecule has 1 heterocycles. The minimum atomic E-state index is 0.0995. The van der Waals surface area contributed by atoms with Crippen LogP contribution in [-0.4, -0.2) is 29.6 Å². The number of rotatable bonds is 5. The molecule has 3 heteroatoms. The number of nitriles is 1. The monoisotopic (exact) mass is 289 g/mol. The predicted molar refractivity (Wildman–Crippen MR) is 89.8 cm³/mol. The van der Waals surface area contributed by atoms with Gasteiger partial charge in [0.1, 0.15) is 6.04 Å². The molecule has 0 aromatic rings. The zero-order valence-electron chi connectivity index (χ0n) is 14.0. The van der Waals surface area contributed by atoms with Crippen LogP contribution in [0.1, 0.15) is 52.9 Å². The van der Waals surface area contributed by atoms with Gasteiger partial charge in [-0.3, -0.25) is 0 Å². The fourth-order valence-electron chi connectivity index (χ4n) is 3.49. The first-order valence-electron chi connectivity index (χ1n) is 8.30. The molecule has 118 valence electrons. The Morgan fingerprint density at radius 2 is 2.19 bits per heavy atom. The first-order valence-corrected chi connectivity index (χ1v) is 8.30. The molecule has 0 aromatic carbocycles. The SMILES string of the molecule is C=C1C(CC)CC1(CC)NCC.C=CN1CCCC1C#N. The van der Waals surface area contributed by atoms with E-state index in [1.165, 1.54) is 24.8 Å². The van der Waals surface area contributed by atoms with Gasteiger partial charge in [-0.2, -0.15) is 5.26 Å². The molecule has 1 saturated heterocycles. The summed E-state index contributed by atoms with van der Waals surface area (Å²) >= 11 is 0. The van der Waals surface area contributed by atoms with Crippen LogP contribution in [-0.2, 0) is 0 Å². The Hall–Kier alpha value is -1.27. The number of hydrogen-bond acceptors (Lipinski definition) is 3. The van der Waals surface area contributed by atoms with Crippen molar-refractivity contribution in [1.29, 1.82) is 5.26 Å². The highest BCUT2D eigenvalue weighted by Gasteiger charge is 2.44. The van der Waals surface area contributed by atoms with E-state index in [0.717, 1.165) is 31.8 Å². The fourth-order valence-corrected chi connectivity index (χ4v) is 3.49. The van der Waals surface area contributed by atoms with Gasteiger partial charge in [0.2, 0.25) is 0 Å². The molecule has 2 rings (SSSR count). The van der Waals surface area contributed by atoms with E-state index in [2.05, 4.69) is 45.3 Å². The average molecular weight is 289 g/mol. The van der Waals surface area contributed by atoms with Gasteiger partial charge >= 0.3 is 0 Å². The van der Waals surface area contributed by atoms with Gasteiger partial charge in [-0.1, -0.05) is 39.5 Å². The topological polar surface area (TPSA) is 39.1 Å². The van der Waals surface area contributed by atoms with Gasteiger partial charge in [0.15, 0.2) is 0 Å². The Kier molecular flexibility index (Phi) is 6.98. The number of hydrogen-bond donors (Lipinski definition) is 1. The molecule has 21 heavy (non-hydrogen) atoms. The molecule has 3 unspecified atom stereocenters. The molecule has 0 amide bonds. The third kappa shape index (κ3) is 3.89. The molecular formula is C18H31N3. The van der Waals surface area contributed by atoms with E-state index in [1.54, 1.807) is 6.20 Å². The summed E-state index contributed by atoms with van der Waals surface area (Å²) in [6, 6.07) is 2.32. The first kappa shape index (κ1) is 17.8. The smallest absolute Gasteiger partial charge is 0.116 e. The van der Waals surface area contributed by atoms with Gasteiger partial charge in [-0.25, -0.2) is 0 Å². The number of nitrogens with one attached hydrogen (secondary N) is 1. The molecule has 3 nitrogen and oxygen atoms in total. The van der Waals surface area contributed by atoms with Crippen molar-refractivity contribution in [3.8, 4) is 6.07 Å². The Labute approximate surface area is 130 Å². The first-order chi connectivity index (χ1) is 10.1. The fraction of sp³-hybridized carbons (Fsp3) is 0.722. The molecular weight excluding hydrogens is 258 g/mol. The summed E-state index contributed by atoms with van der Waals surface area (Å²) in [5.74, 6) is 0.781. The minimum Gasteiger partial charge on any atom is -0.362 e. The number of likely N-dealkylation sites (N-methyl/N-ethyl adjacent to an activating group) is 1. The summed E-state index contributed by atoms with van der Waals surface area (Å²) in [6.07, 6.45) is 7.63. The van der Waals surface area contributed by atoms with E-state index in [-0.39, 0.29) is 6.04 Å².